The van der Waals surface area contributed by atoms with Crippen molar-refractivity contribution in [3.05, 3.63) is 96.3 Å². The molecule has 4 aromatic carbocycles. The summed E-state index contributed by atoms with van der Waals surface area (Å²) in [5.74, 6) is -1.28. The Labute approximate surface area is 261 Å². The Morgan fingerprint density at radius 1 is 1.02 bits per heavy atom. The van der Waals surface area contributed by atoms with Crippen molar-refractivity contribution in [2.45, 2.75) is 30.9 Å². The molecule has 0 unspecified atom stereocenters. The number of para-hydroxylation sites is 1. The van der Waals surface area contributed by atoms with Gasteiger partial charge in [0.15, 0.2) is 5.75 Å². The molecule has 1 aliphatic heterocycles. The quantitative estimate of drug-likeness (QED) is 0.246. The second-order valence-electron chi connectivity index (χ2n) is 11.2. The SMILES string of the molecule is C[C@@H]1CN([C@H](C)CO)C(=O)c2cccc(NC(=O)Nc3cccc4ccccc34)c2O[C@H]1CN(C)S(=O)(=O)c1ccc(F)cc1. The molecule has 1 heterocycles. The van der Waals surface area contributed by atoms with Gasteiger partial charge in [0.1, 0.15) is 11.9 Å². The molecular formula is C33H35FN4O6S. The van der Waals surface area contributed by atoms with Crippen molar-refractivity contribution in [3.8, 4) is 5.75 Å². The first-order valence-electron chi connectivity index (χ1n) is 14.5. The van der Waals surface area contributed by atoms with Crippen molar-refractivity contribution in [3.63, 3.8) is 0 Å². The number of nitrogens with zero attached hydrogens (tertiary/aromatic N) is 2. The number of ether oxygens (including phenoxy) is 1. The van der Waals surface area contributed by atoms with Crippen LogP contribution in [0.15, 0.2) is 89.8 Å². The number of fused-ring (bicyclic) bond motifs is 2. The summed E-state index contributed by atoms with van der Waals surface area (Å²) in [5.41, 5.74) is 0.945. The largest absolute Gasteiger partial charge is 0.486 e. The van der Waals surface area contributed by atoms with Crippen molar-refractivity contribution in [1.82, 2.24) is 9.21 Å². The predicted molar refractivity (Wildman–Crippen MR) is 170 cm³/mol. The Bertz CT molecular complexity index is 1810. The number of hydrogen-bond donors (Lipinski definition) is 3. The van der Waals surface area contributed by atoms with Crippen molar-refractivity contribution in [1.29, 1.82) is 0 Å². The molecule has 0 saturated heterocycles. The van der Waals surface area contributed by atoms with E-state index in [-0.39, 0.29) is 41.6 Å². The van der Waals surface area contributed by atoms with Crippen LogP contribution in [0.3, 0.4) is 0 Å². The number of rotatable bonds is 8. The average Bonchev–Trinajstić information content (AvgIpc) is 3.03. The van der Waals surface area contributed by atoms with E-state index in [1.807, 2.05) is 43.3 Å². The molecule has 45 heavy (non-hydrogen) atoms. The topological polar surface area (TPSA) is 128 Å². The Morgan fingerprint density at radius 2 is 1.67 bits per heavy atom. The lowest BCUT2D eigenvalue weighted by atomic mass is 9.99. The molecule has 3 amide bonds. The predicted octanol–water partition coefficient (Wildman–Crippen LogP) is 5.16. The summed E-state index contributed by atoms with van der Waals surface area (Å²) in [4.78, 5) is 28.5. The lowest BCUT2D eigenvalue weighted by molar-refractivity contribution is 0.0389. The molecule has 0 fully saturated rings. The van der Waals surface area contributed by atoms with Crippen LogP contribution >= 0.6 is 0 Å². The maximum atomic E-state index is 13.8. The summed E-state index contributed by atoms with van der Waals surface area (Å²) in [7, 11) is -2.62. The van der Waals surface area contributed by atoms with E-state index in [4.69, 9.17) is 4.74 Å². The number of aliphatic hydroxyl groups excluding tert-OH is 1. The number of carbonyl (C=O) groups is 2. The van der Waals surface area contributed by atoms with Gasteiger partial charge in [-0.3, -0.25) is 4.79 Å². The van der Waals surface area contributed by atoms with Crippen molar-refractivity contribution >= 4 is 44.1 Å². The van der Waals surface area contributed by atoms with Crippen molar-refractivity contribution in [2.75, 3.05) is 37.4 Å². The van der Waals surface area contributed by atoms with Crippen LogP contribution in [0.1, 0.15) is 24.2 Å². The van der Waals surface area contributed by atoms with Crippen LogP contribution in [0.5, 0.6) is 5.75 Å². The van der Waals surface area contributed by atoms with Crippen molar-refractivity contribution < 1.29 is 32.2 Å². The minimum absolute atomic E-state index is 0.0786. The minimum Gasteiger partial charge on any atom is -0.486 e. The number of aliphatic hydroxyl groups is 1. The summed E-state index contributed by atoms with van der Waals surface area (Å²) >= 11 is 0. The zero-order valence-electron chi connectivity index (χ0n) is 25.1. The van der Waals surface area contributed by atoms with Gasteiger partial charge in [-0.25, -0.2) is 17.6 Å². The molecule has 0 bridgehead atoms. The molecule has 3 atom stereocenters. The second kappa shape index (κ2) is 13.2. The molecule has 1 aliphatic rings. The van der Waals surface area contributed by atoms with E-state index in [1.165, 1.54) is 24.1 Å². The number of nitrogens with one attached hydrogen (secondary N) is 2. The van der Waals surface area contributed by atoms with Gasteiger partial charge < -0.3 is 25.4 Å². The average molecular weight is 635 g/mol. The molecule has 10 nitrogen and oxygen atoms in total. The van der Waals surface area contributed by atoms with Gasteiger partial charge in [-0.2, -0.15) is 4.31 Å². The first-order chi connectivity index (χ1) is 21.5. The summed E-state index contributed by atoms with van der Waals surface area (Å²) in [6.07, 6.45) is -0.783. The van der Waals surface area contributed by atoms with Gasteiger partial charge in [-0.1, -0.05) is 49.4 Å². The third kappa shape index (κ3) is 6.77. The first-order valence-corrected chi connectivity index (χ1v) is 15.9. The maximum absolute atomic E-state index is 13.8. The lowest BCUT2D eigenvalue weighted by Gasteiger charge is -2.38. The van der Waals surface area contributed by atoms with E-state index in [0.717, 1.165) is 27.2 Å². The number of benzene rings is 4. The number of sulfonamides is 1. The molecule has 0 aliphatic carbocycles. The van der Waals surface area contributed by atoms with Crippen LogP contribution in [0, 0.1) is 11.7 Å². The highest BCUT2D eigenvalue weighted by Gasteiger charge is 2.36. The molecule has 0 spiro atoms. The number of anilines is 2. The van der Waals surface area contributed by atoms with E-state index >= 15 is 0 Å². The van der Waals surface area contributed by atoms with E-state index in [0.29, 0.717) is 5.69 Å². The molecule has 4 aromatic rings. The van der Waals surface area contributed by atoms with Crippen LogP contribution in [0.4, 0.5) is 20.6 Å². The number of hydrogen-bond acceptors (Lipinski definition) is 6. The third-order valence-corrected chi connectivity index (χ3v) is 9.77. The summed E-state index contributed by atoms with van der Waals surface area (Å²) < 4.78 is 47.8. The summed E-state index contributed by atoms with van der Waals surface area (Å²) in [6.45, 7) is 3.30. The van der Waals surface area contributed by atoms with Gasteiger partial charge in [0.05, 0.1) is 41.0 Å². The van der Waals surface area contributed by atoms with E-state index < -0.39 is 45.8 Å². The number of urea groups is 1. The fourth-order valence-corrected chi connectivity index (χ4v) is 6.49. The van der Waals surface area contributed by atoms with Gasteiger partial charge in [0, 0.05) is 24.9 Å². The van der Waals surface area contributed by atoms with Gasteiger partial charge >= 0.3 is 6.03 Å². The van der Waals surface area contributed by atoms with Crippen LogP contribution in [-0.2, 0) is 10.0 Å². The zero-order chi connectivity index (χ0) is 32.3. The maximum Gasteiger partial charge on any atom is 0.323 e. The molecule has 5 rings (SSSR count). The standard InChI is InChI=1S/C33H35FN4O6S/c1-21-18-38(22(2)20-39)32(40)27-11-7-13-29(36-33(41)35-28-12-6-9-23-8-4-5-10-26(23)28)31(27)44-30(21)19-37(3)45(42,43)25-16-14-24(34)15-17-25/h4-17,21-22,30,39H,18-20H2,1-3H3,(H2,35,36,41)/t21-,22-,30+/m1/s1. The fourth-order valence-electron chi connectivity index (χ4n) is 5.31. The molecule has 236 valence electrons. The highest BCUT2D eigenvalue weighted by molar-refractivity contribution is 7.89. The zero-order valence-corrected chi connectivity index (χ0v) is 25.9. The highest BCUT2D eigenvalue weighted by atomic mass is 32.2. The second-order valence-corrected chi connectivity index (χ2v) is 13.2. The number of likely N-dealkylation sites (N-methyl/N-ethyl adjacent to an activating group) is 1. The molecule has 3 N–H and O–H groups in total. The van der Waals surface area contributed by atoms with E-state index in [1.54, 1.807) is 31.2 Å². The van der Waals surface area contributed by atoms with Gasteiger partial charge in [-0.05, 0) is 54.8 Å². The van der Waals surface area contributed by atoms with Crippen molar-refractivity contribution in [2.24, 2.45) is 5.92 Å². The molecular weight excluding hydrogens is 599 g/mol. The smallest absolute Gasteiger partial charge is 0.323 e. The molecule has 12 heteroatoms. The first kappa shape index (κ1) is 31.9. The Hall–Kier alpha value is -4.52. The van der Waals surface area contributed by atoms with E-state index in [9.17, 15) is 27.5 Å². The summed E-state index contributed by atoms with van der Waals surface area (Å²) in [6, 6.07) is 21.3. The minimum atomic E-state index is -4.02. The summed E-state index contributed by atoms with van der Waals surface area (Å²) in [5, 5.41) is 17.4. The molecule has 0 aromatic heterocycles. The molecule has 0 radical (unpaired) electrons. The van der Waals surface area contributed by atoms with E-state index in [2.05, 4.69) is 10.6 Å². The highest BCUT2D eigenvalue weighted by Crippen LogP contribution is 2.35. The van der Waals surface area contributed by atoms with Gasteiger partial charge in [0.25, 0.3) is 5.91 Å². The third-order valence-electron chi connectivity index (χ3n) is 7.94. The van der Waals surface area contributed by atoms with Crippen LogP contribution < -0.4 is 15.4 Å². The molecule has 0 saturated carbocycles. The van der Waals surface area contributed by atoms with Gasteiger partial charge in [-0.15, -0.1) is 0 Å². The Kier molecular flexibility index (Phi) is 9.37. The number of carbonyl (C=O) groups excluding carboxylic acids is 2. The monoisotopic (exact) mass is 634 g/mol. The lowest BCUT2D eigenvalue weighted by Crippen LogP contribution is -2.50. The number of halogens is 1. The van der Waals surface area contributed by atoms with Crippen LogP contribution in [0.2, 0.25) is 0 Å². The Morgan fingerprint density at radius 3 is 2.40 bits per heavy atom. The number of amides is 3. The van der Waals surface area contributed by atoms with Crippen LogP contribution in [-0.4, -0.2) is 73.6 Å². The fraction of sp³-hybridized carbons (Fsp3) is 0.273. The van der Waals surface area contributed by atoms with Gasteiger partial charge in [0.2, 0.25) is 10.0 Å². The van der Waals surface area contributed by atoms with Crippen LogP contribution in [0.25, 0.3) is 10.8 Å². The Balaban J connectivity index is 1.48. The normalized spacial score (nSPS) is 17.6.